The summed E-state index contributed by atoms with van der Waals surface area (Å²) in [4.78, 5) is 31.7. The van der Waals surface area contributed by atoms with Gasteiger partial charge in [0.05, 0.1) is 51.2 Å². The van der Waals surface area contributed by atoms with Crippen molar-refractivity contribution in [3.05, 3.63) is 75.4 Å². The molecule has 0 saturated carbocycles. The van der Waals surface area contributed by atoms with E-state index in [4.69, 9.17) is 23.9 Å². The Morgan fingerprint density at radius 1 is 0.816 bits per heavy atom. The molecule has 0 saturated heterocycles. The fourth-order valence-corrected chi connectivity index (χ4v) is 5.64. The third-order valence-electron chi connectivity index (χ3n) is 6.49. The third-order valence-corrected chi connectivity index (χ3v) is 7.51. The molecule has 2 heterocycles. The Morgan fingerprint density at radius 2 is 1.45 bits per heavy atom. The number of carbonyl (C=O) groups excluding carboxylic acids is 2. The van der Waals surface area contributed by atoms with Gasteiger partial charge in [-0.05, 0) is 50.6 Å². The molecule has 0 amide bonds. The van der Waals surface area contributed by atoms with Crippen LogP contribution in [0.5, 0.6) is 11.5 Å². The molecule has 0 aliphatic carbocycles. The fraction of sp³-hybridized carbons (Fsp3) is 0.276. The van der Waals surface area contributed by atoms with E-state index in [-0.39, 0.29) is 0 Å². The van der Waals surface area contributed by atoms with Gasteiger partial charge in [0.15, 0.2) is 11.5 Å². The van der Waals surface area contributed by atoms with E-state index in [1.807, 2.05) is 49.4 Å². The van der Waals surface area contributed by atoms with E-state index < -0.39 is 17.9 Å². The molecule has 4 rings (SSSR count). The number of carbonyl (C=O) groups is 2. The lowest BCUT2D eigenvalue weighted by molar-refractivity contribution is -0.137. The van der Waals surface area contributed by atoms with E-state index in [2.05, 4.69) is 5.32 Å². The standard InChI is InChI=1S/C29H30N2O6S/c1-15-23(28(32)36-6)25(24(16(2)30-15)29(33)37-7)18-9-8-10-20(13-18)27-31-26(17(3)38-27)19-11-12-21(34-4)22(14-19)35-5/h8-14,25,30H,1-7H3. The number of thiazole rings is 1. The van der Waals surface area contributed by atoms with Crippen LogP contribution in [0.1, 0.15) is 30.2 Å². The first kappa shape index (κ1) is 26.9. The molecule has 9 heteroatoms. The minimum absolute atomic E-state index is 0.358. The monoisotopic (exact) mass is 534 g/mol. The van der Waals surface area contributed by atoms with Gasteiger partial charge in [-0.2, -0.15) is 0 Å². The van der Waals surface area contributed by atoms with Gasteiger partial charge < -0.3 is 24.3 Å². The van der Waals surface area contributed by atoms with Gasteiger partial charge in [0.1, 0.15) is 5.01 Å². The number of aromatic nitrogens is 1. The zero-order chi connectivity index (χ0) is 27.6. The van der Waals surface area contributed by atoms with Gasteiger partial charge in [0.25, 0.3) is 0 Å². The summed E-state index contributed by atoms with van der Waals surface area (Å²) in [7, 11) is 5.86. The fourth-order valence-electron chi connectivity index (χ4n) is 4.71. The summed E-state index contributed by atoms with van der Waals surface area (Å²) in [6.45, 7) is 5.60. The molecular weight excluding hydrogens is 504 g/mol. The van der Waals surface area contributed by atoms with Crippen LogP contribution < -0.4 is 14.8 Å². The van der Waals surface area contributed by atoms with Crippen LogP contribution in [0.4, 0.5) is 0 Å². The molecule has 0 atom stereocenters. The largest absolute Gasteiger partial charge is 0.493 e. The van der Waals surface area contributed by atoms with E-state index in [1.54, 1.807) is 39.4 Å². The van der Waals surface area contributed by atoms with Crippen molar-refractivity contribution in [3.8, 4) is 33.3 Å². The molecule has 0 spiro atoms. The average Bonchev–Trinajstić information content (AvgIpc) is 3.32. The number of dihydropyridines is 1. The van der Waals surface area contributed by atoms with Gasteiger partial charge in [-0.15, -0.1) is 11.3 Å². The maximum Gasteiger partial charge on any atom is 0.336 e. The summed E-state index contributed by atoms with van der Waals surface area (Å²) in [5, 5.41) is 3.94. The summed E-state index contributed by atoms with van der Waals surface area (Å²) in [5.41, 5.74) is 5.34. The summed E-state index contributed by atoms with van der Waals surface area (Å²) >= 11 is 1.56. The Morgan fingerprint density at radius 3 is 2.03 bits per heavy atom. The maximum atomic E-state index is 12.9. The smallest absolute Gasteiger partial charge is 0.336 e. The summed E-state index contributed by atoms with van der Waals surface area (Å²) in [6.07, 6.45) is 0. The molecule has 8 nitrogen and oxygen atoms in total. The Bertz CT molecular complexity index is 1430. The molecule has 1 aliphatic rings. The second-order valence-electron chi connectivity index (χ2n) is 8.74. The number of nitrogens with one attached hydrogen (secondary N) is 1. The number of rotatable bonds is 7. The minimum Gasteiger partial charge on any atom is -0.493 e. The van der Waals surface area contributed by atoms with Gasteiger partial charge >= 0.3 is 11.9 Å². The second kappa shape index (κ2) is 11.1. The van der Waals surface area contributed by atoms with Crippen LogP contribution in [0.3, 0.4) is 0 Å². The van der Waals surface area contributed by atoms with E-state index in [0.717, 1.165) is 32.3 Å². The molecule has 38 heavy (non-hydrogen) atoms. The average molecular weight is 535 g/mol. The highest BCUT2D eigenvalue weighted by Crippen LogP contribution is 2.42. The molecule has 3 aromatic rings. The van der Waals surface area contributed by atoms with Crippen molar-refractivity contribution in [1.29, 1.82) is 0 Å². The van der Waals surface area contributed by atoms with Crippen LogP contribution in [0.15, 0.2) is 65.0 Å². The van der Waals surface area contributed by atoms with Crippen molar-refractivity contribution in [1.82, 2.24) is 10.3 Å². The van der Waals surface area contributed by atoms with Gasteiger partial charge in [0, 0.05) is 27.4 Å². The Labute approximate surface area is 225 Å². The predicted octanol–water partition coefficient (Wildman–Crippen LogP) is 5.38. The molecule has 198 valence electrons. The molecule has 0 fully saturated rings. The number of benzene rings is 2. The van der Waals surface area contributed by atoms with Crippen LogP contribution in [-0.4, -0.2) is 45.4 Å². The Kier molecular flexibility index (Phi) is 7.87. The number of aryl methyl sites for hydroxylation is 1. The molecule has 0 bridgehead atoms. The number of hydrogen-bond donors (Lipinski definition) is 1. The summed E-state index contributed by atoms with van der Waals surface area (Å²) in [5.74, 6) is -0.418. The number of hydrogen-bond acceptors (Lipinski definition) is 9. The van der Waals surface area contributed by atoms with Crippen molar-refractivity contribution in [2.24, 2.45) is 0 Å². The van der Waals surface area contributed by atoms with Crippen LogP contribution in [0, 0.1) is 6.92 Å². The molecule has 1 N–H and O–H groups in total. The third kappa shape index (κ3) is 4.89. The van der Waals surface area contributed by atoms with Gasteiger partial charge in [0.2, 0.25) is 0 Å². The van der Waals surface area contributed by atoms with E-state index in [1.165, 1.54) is 14.2 Å². The second-order valence-corrected chi connectivity index (χ2v) is 9.94. The highest BCUT2D eigenvalue weighted by atomic mass is 32.1. The first-order valence-corrected chi connectivity index (χ1v) is 12.7. The van der Waals surface area contributed by atoms with Crippen LogP contribution in [0.2, 0.25) is 0 Å². The lowest BCUT2D eigenvalue weighted by atomic mass is 9.80. The van der Waals surface area contributed by atoms with Gasteiger partial charge in [-0.25, -0.2) is 14.6 Å². The van der Waals surface area contributed by atoms with Crippen LogP contribution in [-0.2, 0) is 19.1 Å². The normalized spacial score (nSPS) is 13.8. The number of esters is 2. The van der Waals surface area contributed by atoms with Crippen molar-refractivity contribution in [2.75, 3.05) is 28.4 Å². The zero-order valence-corrected chi connectivity index (χ0v) is 23.2. The number of ether oxygens (including phenoxy) is 4. The molecule has 1 aliphatic heterocycles. The lowest BCUT2D eigenvalue weighted by Crippen LogP contribution is -2.32. The van der Waals surface area contributed by atoms with Crippen molar-refractivity contribution >= 4 is 23.3 Å². The topological polar surface area (TPSA) is 96.0 Å². The van der Waals surface area contributed by atoms with Gasteiger partial charge in [-0.3, -0.25) is 0 Å². The first-order chi connectivity index (χ1) is 18.2. The molecule has 0 radical (unpaired) electrons. The maximum absolute atomic E-state index is 12.9. The van der Waals surface area contributed by atoms with Crippen molar-refractivity contribution < 1.29 is 28.5 Å². The number of allylic oxidation sites excluding steroid dienone is 2. The molecule has 1 aromatic heterocycles. The molecule has 2 aromatic carbocycles. The molecular formula is C29H30N2O6S. The van der Waals surface area contributed by atoms with Gasteiger partial charge in [-0.1, -0.05) is 18.2 Å². The first-order valence-electron chi connectivity index (χ1n) is 11.9. The predicted molar refractivity (Wildman–Crippen MR) is 146 cm³/mol. The van der Waals surface area contributed by atoms with Crippen molar-refractivity contribution in [2.45, 2.75) is 26.7 Å². The zero-order valence-electron chi connectivity index (χ0n) is 22.4. The highest BCUT2D eigenvalue weighted by Gasteiger charge is 2.37. The summed E-state index contributed by atoms with van der Waals surface area (Å²) in [6, 6.07) is 13.4. The van der Waals surface area contributed by atoms with E-state index in [9.17, 15) is 9.59 Å². The van der Waals surface area contributed by atoms with Crippen LogP contribution in [0.25, 0.3) is 21.8 Å². The highest BCUT2D eigenvalue weighted by molar-refractivity contribution is 7.15. The van der Waals surface area contributed by atoms with E-state index in [0.29, 0.717) is 34.0 Å². The SMILES string of the molecule is COC(=O)C1=C(C)NC(C)=C(C(=O)OC)C1c1cccc(-c2nc(-c3ccc(OC)c(OC)c3)c(C)s2)c1. The lowest BCUT2D eigenvalue weighted by Gasteiger charge is -2.30. The number of methoxy groups -OCH3 is 4. The van der Waals surface area contributed by atoms with Crippen LogP contribution >= 0.6 is 11.3 Å². The van der Waals surface area contributed by atoms with E-state index >= 15 is 0 Å². The minimum atomic E-state index is -0.664. The Balaban J connectivity index is 1.81. The Hall–Kier alpha value is -4.11. The molecule has 0 unspecified atom stereocenters. The van der Waals surface area contributed by atoms with Crippen molar-refractivity contribution in [3.63, 3.8) is 0 Å². The summed E-state index contributed by atoms with van der Waals surface area (Å²) < 4.78 is 21.0. The number of nitrogens with zero attached hydrogens (tertiary/aromatic N) is 1. The quantitative estimate of drug-likeness (QED) is 0.404.